The van der Waals surface area contributed by atoms with Gasteiger partial charge in [0.25, 0.3) is 0 Å². The highest BCUT2D eigenvalue weighted by Gasteiger charge is 2.28. The molecule has 1 aliphatic carbocycles. The van der Waals surface area contributed by atoms with Crippen LogP contribution in [0.15, 0.2) is 30.3 Å². The Morgan fingerprint density at radius 1 is 1.12 bits per heavy atom. The van der Waals surface area contributed by atoms with E-state index in [-0.39, 0.29) is 18.3 Å². The van der Waals surface area contributed by atoms with Crippen molar-refractivity contribution < 1.29 is 19.1 Å². The number of hydrogen-bond donors (Lipinski definition) is 1. The van der Waals surface area contributed by atoms with E-state index < -0.39 is 17.9 Å². The number of benzene rings is 1. The number of ketones is 1. The van der Waals surface area contributed by atoms with Crippen LogP contribution < -0.4 is 5.32 Å². The average Bonchev–Trinajstić information content (AvgIpc) is 2.58. The Kier molecular flexibility index (Phi) is 7.00. The van der Waals surface area contributed by atoms with Gasteiger partial charge >= 0.3 is 6.09 Å². The minimum atomic E-state index is -0.568. The van der Waals surface area contributed by atoms with Crippen LogP contribution in [0.5, 0.6) is 0 Å². The lowest BCUT2D eigenvalue weighted by molar-refractivity contribution is -0.0242. The summed E-state index contributed by atoms with van der Waals surface area (Å²) in [6.45, 7) is 5.41. The SMILES string of the molecule is CC(C)(C)OC(=O)NC(OCC(=O)c1ccccc1)C1CCCCC1. The Labute approximate surface area is 150 Å². The number of carbonyl (C=O) groups excluding carboxylic acids is 2. The molecule has 1 aromatic rings. The number of rotatable bonds is 6. The van der Waals surface area contributed by atoms with Crippen LogP contribution in [0.3, 0.4) is 0 Å². The van der Waals surface area contributed by atoms with E-state index in [1.165, 1.54) is 6.42 Å². The van der Waals surface area contributed by atoms with E-state index in [2.05, 4.69) is 5.32 Å². The summed E-state index contributed by atoms with van der Waals surface area (Å²) in [6, 6.07) is 9.05. The molecule has 0 aliphatic heterocycles. The monoisotopic (exact) mass is 347 g/mol. The first-order valence-electron chi connectivity index (χ1n) is 9.04. The average molecular weight is 347 g/mol. The number of ether oxygens (including phenoxy) is 2. The van der Waals surface area contributed by atoms with Crippen LogP contribution in [0.2, 0.25) is 0 Å². The third-order valence-corrected chi connectivity index (χ3v) is 4.23. The van der Waals surface area contributed by atoms with Crippen LogP contribution in [0.4, 0.5) is 4.79 Å². The molecule has 5 heteroatoms. The van der Waals surface area contributed by atoms with Gasteiger partial charge in [0.1, 0.15) is 18.4 Å². The van der Waals surface area contributed by atoms with Gasteiger partial charge in [-0.1, -0.05) is 49.6 Å². The van der Waals surface area contributed by atoms with Crippen molar-refractivity contribution in [1.29, 1.82) is 0 Å². The second-order valence-corrected chi connectivity index (χ2v) is 7.57. The molecule has 1 aliphatic rings. The van der Waals surface area contributed by atoms with Gasteiger partial charge in [0.05, 0.1) is 0 Å². The van der Waals surface area contributed by atoms with Crippen molar-refractivity contribution in [2.45, 2.75) is 64.7 Å². The first kappa shape index (κ1) is 19.4. The summed E-state index contributed by atoms with van der Waals surface area (Å²) in [6.07, 6.45) is 4.41. The van der Waals surface area contributed by atoms with E-state index in [0.717, 1.165) is 25.7 Å². The lowest BCUT2D eigenvalue weighted by atomic mass is 9.88. The van der Waals surface area contributed by atoms with Gasteiger partial charge in [0, 0.05) is 11.5 Å². The highest BCUT2D eigenvalue weighted by molar-refractivity contribution is 5.97. The summed E-state index contributed by atoms with van der Waals surface area (Å²) in [7, 11) is 0. The molecular formula is C20H29NO4. The fourth-order valence-corrected chi connectivity index (χ4v) is 3.03. The fourth-order valence-electron chi connectivity index (χ4n) is 3.03. The molecule has 1 aromatic carbocycles. The molecular weight excluding hydrogens is 318 g/mol. The zero-order chi connectivity index (χ0) is 18.3. The predicted octanol–water partition coefficient (Wildman–Crippen LogP) is 4.32. The smallest absolute Gasteiger partial charge is 0.409 e. The van der Waals surface area contributed by atoms with Crippen LogP contribution in [0, 0.1) is 5.92 Å². The summed E-state index contributed by atoms with van der Waals surface area (Å²) in [4.78, 5) is 24.4. The van der Waals surface area contributed by atoms with Crippen molar-refractivity contribution in [3.05, 3.63) is 35.9 Å². The number of amides is 1. The fraction of sp³-hybridized carbons (Fsp3) is 0.600. The van der Waals surface area contributed by atoms with E-state index in [9.17, 15) is 9.59 Å². The standard InChI is InChI=1S/C20H29NO4/c1-20(2,3)25-19(23)21-18(16-12-8-5-9-13-16)24-14-17(22)15-10-6-4-7-11-15/h4,6-7,10-11,16,18H,5,8-9,12-14H2,1-3H3,(H,21,23). The Morgan fingerprint density at radius 2 is 1.76 bits per heavy atom. The van der Waals surface area contributed by atoms with Crippen molar-refractivity contribution in [2.75, 3.05) is 6.61 Å². The summed E-state index contributed by atoms with van der Waals surface area (Å²) in [5.74, 6) is 0.122. The van der Waals surface area contributed by atoms with Gasteiger partial charge in [-0.2, -0.15) is 0 Å². The van der Waals surface area contributed by atoms with Crippen LogP contribution in [0.1, 0.15) is 63.2 Å². The van der Waals surface area contributed by atoms with Crippen LogP contribution in [0.25, 0.3) is 0 Å². The molecule has 1 saturated carbocycles. The zero-order valence-corrected chi connectivity index (χ0v) is 15.4. The van der Waals surface area contributed by atoms with Gasteiger partial charge in [-0.15, -0.1) is 0 Å². The van der Waals surface area contributed by atoms with E-state index in [4.69, 9.17) is 9.47 Å². The molecule has 5 nitrogen and oxygen atoms in total. The molecule has 138 valence electrons. The molecule has 1 fully saturated rings. The van der Waals surface area contributed by atoms with Crippen LogP contribution in [-0.2, 0) is 9.47 Å². The second kappa shape index (κ2) is 8.99. The van der Waals surface area contributed by atoms with Crippen LogP contribution >= 0.6 is 0 Å². The van der Waals surface area contributed by atoms with Crippen molar-refractivity contribution in [1.82, 2.24) is 5.32 Å². The quantitative estimate of drug-likeness (QED) is 0.615. The van der Waals surface area contributed by atoms with Crippen molar-refractivity contribution >= 4 is 11.9 Å². The maximum Gasteiger partial charge on any atom is 0.409 e. The maximum atomic E-state index is 12.3. The minimum absolute atomic E-state index is 0.0546. The predicted molar refractivity (Wildman–Crippen MR) is 96.5 cm³/mol. The van der Waals surface area contributed by atoms with Gasteiger partial charge in [-0.25, -0.2) is 4.79 Å². The first-order valence-corrected chi connectivity index (χ1v) is 9.04. The molecule has 1 unspecified atom stereocenters. The summed E-state index contributed by atoms with van der Waals surface area (Å²) in [5, 5.41) is 2.81. The summed E-state index contributed by atoms with van der Waals surface area (Å²) in [5.41, 5.74) is 0.0447. The Morgan fingerprint density at radius 3 is 2.36 bits per heavy atom. The van der Waals surface area contributed by atoms with Gasteiger partial charge in [-0.05, 0) is 33.6 Å². The highest BCUT2D eigenvalue weighted by Crippen LogP contribution is 2.27. The van der Waals surface area contributed by atoms with Crippen molar-refractivity contribution in [3.8, 4) is 0 Å². The molecule has 0 radical (unpaired) electrons. The summed E-state index contributed by atoms with van der Waals surface area (Å²) >= 11 is 0. The third kappa shape index (κ3) is 6.86. The number of nitrogens with one attached hydrogen (secondary N) is 1. The first-order chi connectivity index (χ1) is 11.8. The van der Waals surface area contributed by atoms with E-state index in [0.29, 0.717) is 5.56 Å². The summed E-state index contributed by atoms with van der Waals surface area (Å²) < 4.78 is 11.2. The third-order valence-electron chi connectivity index (χ3n) is 4.23. The molecule has 1 amide bonds. The topological polar surface area (TPSA) is 64.6 Å². The van der Waals surface area contributed by atoms with E-state index >= 15 is 0 Å². The number of carbonyl (C=O) groups is 2. The molecule has 1 atom stereocenters. The molecule has 25 heavy (non-hydrogen) atoms. The lowest BCUT2D eigenvalue weighted by Crippen LogP contribution is -2.45. The Bertz CT molecular complexity index is 559. The maximum absolute atomic E-state index is 12.3. The molecule has 0 heterocycles. The largest absolute Gasteiger partial charge is 0.444 e. The Hall–Kier alpha value is -1.88. The molecule has 2 rings (SSSR count). The number of hydrogen-bond acceptors (Lipinski definition) is 4. The minimum Gasteiger partial charge on any atom is -0.444 e. The second-order valence-electron chi connectivity index (χ2n) is 7.57. The lowest BCUT2D eigenvalue weighted by Gasteiger charge is -2.31. The van der Waals surface area contributed by atoms with Gasteiger partial charge in [-0.3, -0.25) is 10.1 Å². The molecule has 0 aromatic heterocycles. The Balaban J connectivity index is 1.96. The van der Waals surface area contributed by atoms with Gasteiger partial charge in [0.2, 0.25) is 0 Å². The zero-order valence-electron chi connectivity index (χ0n) is 15.4. The van der Waals surface area contributed by atoms with E-state index in [1.54, 1.807) is 12.1 Å². The molecule has 0 saturated heterocycles. The van der Waals surface area contributed by atoms with Gasteiger partial charge in [0.15, 0.2) is 5.78 Å². The number of Topliss-reactive ketones (excluding diaryl/α,β-unsaturated/α-hetero) is 1. The van der Waals surface area contributed by atoms with Crippen molar-refractivity contribution in [2.24, 2.45) is 5.92 Å². The van der Waals surface area contributed by atoms with Gasteiger partial charge < -0.3 is 9.47 Å². The number of alkyl carbamates (subject to hydrolysis) is 1. The normalized spacial score (nSPS) is 16.9. The highest BCUT2D eigenvalue weighted by atomic mass is 16.6. The molecule has 0 bridgehead atoms. The van der Waals surface area contributed by atoms with E-state index in [1.807, 2.05) is 39.0 Å². The molecule has 1 N–H and O–H groups in total. The molecule has 0 spiro atoms. The van der Waals surface area contributed by atoms with Crippen molar-refractivity contribution in [3.63, 3.8) is 0 Å². The van der Waals surface area contributed by atoms with Crippen LogP contribution in [-0.4, -0.2) is 30.3 Å².